The van der Waals surface area contributed by atoms with Gasteiger partial charge in [0.25, 0.3) is 0 Å². The average molecular weight is 516 g/mol. The summed E-state index contributed by atoms with van der Waals surface area (Å²) in [6.45, 7) is 9.22. The molecule has 0 N–H and O–H groups in total. The van der Waals surface area contributed by atoms with Crippen molar-refractivity contribution in [1.82, 2.24) is 4.90 Å². The third-order valence-electron chi connectivity index (χ3n) is 7.63. The molecule has 0 radical (unpaired) electrons. The van der Waals surface area contributed by atoms with Crippen molar-refractivity contribution in [2.75, 3.05) is 27.0 Å². The monoisotopic (exact) mass is 515 g/mol. The Morgan fingerprint density at radius 1 is 1.11 bits per heavy atom. The lowest BCUT2D eigenvalue weighted by molar-refractivity contribution is -0.172. The van der Waals surface area contributed by atoms with Crippen molar-refractivity contribution < 1.29 is 38.0 Å². The summed E-state index contributed by atoms with van der Waals surface area (Å²) in [5.74, 6) is 0.768. The molecule has 0 saturated carbocycles. The van der Waals surface area contributed by atoms with E-state index in [0.29, 0.717) is 11.5 Å². The van der Waals surface area contributed by atoms with Gasteiger partial charge in [0.15, 0.2) is 23.7 Å². The summed E-state index contributed by atoms with van der Waals surface area (Å²) in [4.78, 5) is 28.5. The quantitative estimate of drug-likeness (QED) is 0.483. The van der Waals surface area contributed by atoms with Gasteiger partial charge in [0.1, 0.15) is 5.76 Å². The molecule has 202 valence electrons. The first-order chi connectivity index (χ1) is 17.7. The molecule has 3 heterocycles. The number of fused-ring (bicyclic) bond motifs is 3. The number of carbonyl (C=O) groups is 2. The van der Waals surface area contributed by atoms with Crippen molar-refractivity contribution >= 4 is 11.9 Å². The molecule has 9 heteroatoms. The lowest BCUT2D eigenvalue weighted by Gasteiger charge is -2.39. The molecule has 4 atom stereocenters. The first kappa shape index (κ1) is 25.9. The molecule has 1 aromatic carbocycles. The predicted molar refractivity (Wildman–Crippen MR) is 133 cm³/mol. The Hall–Kier alpha value is -2.78. The maximum absolute atomic E-state index is 13.6. The lowest BCUT2D eigenvalue weighted by atomic mass is 9.77. The Morgan fingerprint density at radius 3 is 2.57 bits per heavy atom. The molecule has 1 saturated heterocycles. The van der Waals surface area contributed by atoms with Gasteiger partial charge in [-0.05, 0) is 82.8 Å². The molecule has 1 spiro atoms. The molecule has 3 unspecified atom stereocenters. The number of methoxy groups -OCH3 is 1. The van der Waals surface area contributed by atoms with Crippen molar-refractivity contribution in [2.24, 2.45) is 0 Å². The molecule has 1 aliphatic carbocycles. The predicted octanol–water partition coefficient (Wildman–Crippen LogP) is 3.48. The van der Waals surface area contributed by atoms with Crippen molar-refractivity contribution in [1.29, 1.82) is 0 Å². The fourth-order valence-corrected chi connectivity index (χ4v) is 6.27. The van der Waals surface area contributed by atoms with Crippen molar-refractivity contribution in [2.45, 2.75) is 89.3 Å². The van der Waals surface area contributed by atoms with Crippen molar-refractivity contribution in [3.63, 3.8) is 0 Å². The SMILES string of the molecule is COC1=CC23CCCN2CCc2cc4c(cc2[C@@H]3C1OC(=O)C(CC(=O)OC(C)C)OC(C)C)OCO4. The van der Waals surface area contributed by atoms with Crippen LogP contribution >= 0.6 is 0 Å². The Morgan fingerprint density at radius 2 is 1.86 bits per heavy atom. The van der Waals surface area contributed by atoms with E-state index >= 15 is 0 Å². The number of esters is 2. The third kappa shape index (κ3) is 4.79. The molecule has 9 nitrogen and oxygen atoms in total. The molecular weight excluding hydrogens is 478 g/mol. The number of carbonyl (C=O) groups excluding carboxylic acids is 2. The van der Waals surface area contributed by atoms with Gasteiger partial charge in [-0.2, -0.15) is 0 Å². The number of benzene rings is 1. The maximum Gasteiger partial charge on any atom is 0.336 e. The number of ether oxygens (including phenoxy) is 6. The minimum absolute atomic E-state index is 0.191. The number of nitrogens with zero attached hydrogens (tertiary/aromatic N) is 1. The Labute approximate surface area is 218 Å². The lowest BCUT2D eigenvalue weighted by Crippen LogP contribution is -2.48. The van der Waals surface area contributed by atoms with Crippen molar-refractivity contribution in [3.05, 3.63) is 35.1 Å². The van der Waals surface area contributed by atoms with Crippen LogP contribution in [0.5, 0.6) is 11.5 Å². The van der Waals surface area contributed by atoms with Gasteiger partial charge >= 0.3 is 11.9 Å². The molecule has 1 fully saturated rings. The summed E-state index contributed by atoms with van der Waals surface area (Å²) < 4.78 is 34.6. The first-order valence-corrected chi connectivity index (χ1v) is 13.2. The van der Waals surface area contributed by atoms with Gasteiger partial charge in [-0.1, -0.05) is 0 Å². The Balaban J connectivity index is 1.49. The highest BCUT2D eigenvalue weighted by Crippen LogP contribution is 2.55. The van der Waals surface area contributed by atoms with Gasteiger partial charge in [-0.15, -0.1) is 0 Å². The van der Waals surface area contributed by atoms with Gasteiger partial charge in [-0.25, -0.2) is 4.79 Å². The number of hydrogen-bond donors (Lipinski definition) is 0. The van der Waals surface area contributed by atoms with E-state index in [9.17, 15) is 9.59 Å². The van der Waals surface area contributed by atoms with E-state index in [1.54, 1.807) is 21.0 Å². The number of rotatable bonds is 8. The second-order valence-corrected chi connectivity index (χ2v) is 10.7. The van der Waals surface area contributed by atoms with E-state index in [-0.39, 0.29) is 36.9 Å². The summed E-state index contributed by atoms with van der Waals surface area (Å²) in [5.41, 5.74) is 1.90. The molecule has 0 amide bonds. The van der Waals surface area contributed by atoms with E-state index in [1.807, 2.05) is 19.9 Å². The van der Waals surface area contributed by atoms with Crippen LogP contribution in [0.4, 0.5) is 0 Å². The second-order valence-electron chi connectivity index (χ2n) is 10.7. The van der Waals surface area contributed by atoms with E-state index in [1.165, 1.54) is 0 Å². The zero-order valence-corrected chi connectivity index (χ0v) is 22.3. The minimum Gasteiger partial charge on any atom is -0.497 e. The standard InChI is InChI=1S/C28H37NO8/c1-16(2)35-22(13-24(30)36-17(3)4)27(31)37-26-23(32-5)14-28-8-6-9-29(28)10-7-18-11-20-21(34-15-33-20)12-19(18)25(26)28/h11-12,14,16-17,22,25-26H,6-10,13,15H2,1-5H3/t22?,25-,26?,28?/m1/s1. The summed E-state index contributed by atoms with van der Waals surface area (Å²) >= 11 is 0. The van der Waals surface area contributed by atoms with Crippen LogP contribution in [0.3, 0.4) is 0 Å². The molecule has 5 rings (SSSR count). The molecule has 0 aromatic heterocycles. The summed E-state index contributed by atoms with van der Waals surface area (Å²) in [7, 11) is 1.61. The third-order valence-corrected chi connectivity index (χ3v) is 7.63. The van der Waals surface area contributed by atoms with E-state index in [0.717, 1.165) is 49.2 Å². The van der Waals surface area contributed by atoms with Crippen LogP contribution in [-0.2, 0) is 35.0 Å². The highest BCUT2D eigenvalue weighted by atomic mass is 16.7. The van der Waals surface area contributed by atoms with E-state index in [2.05, 4.69) is 17.0 Å². The molecule has 0 bridgehead atoms. The summed E-state index contributed by atoms with van der Waals surface area (Å²) in [6, 6.07) is 4.10. The van der Waals surface area contributed by atoms with Gasteiger partial charge < -0.3 is 28.4 Å². The smallest absolute Gasteiger partial charge is 0.336 e. The average Bonchev–Trinajstić information content (AvgIpc) is 3.51. The fourth-order valence-electron chi connectivity index (χ4n) is 6.27. The largest absolute Gasteiger partial charge is 0.497 e. The zero-order valence-electron chi connectivity index (χ0n) is 22.3. The second kappa shape index (κ2) is 10.2. The minimum atomic E-state index is -1.08. The van der Waals surface area contributed by atoms with Crippen LogP contribution in [-0.4, -0.2) is 73.8 Å². The van der Waals surface area contributed by atoms with Crippen LogP contribution in [0.2, 0.25) is 0 Å². The molecular formula is C28H37NO8. The van der Waals surface area contributed by atoms with Crippen LogP contribution in [0.25, 0.3) is 0 Å². The summed E-state index contributed by atoms with van der Waals surface area (Å²) in [6.07, 6.45) is 2.45. The molecule has 1 aromatic rings. The van der Waals surface area contributed by atoms with Crippen LogP contribution in [0.15, 0.2) is 24.0 Å². The highest BCUT2D eigenvalue weighted by Gasteiger charge is 2.58. The van der Waals surface area contributed by atoms with Gasteiger partial charge in [0.2, 0.25) is 6.79 Å². The normalized spacial score (nSPS) is 26.7. The molecule has 3 aliphatic heterocycles. The fraction of sp³-hybridized carbons (Fsp3) is 0.643. The van der Waals surface area contributed by atoms with Gasteiger partial charge in [-0.3, -0.25) is 9.69 Å². The van der Waals surface area contributed by atoms with Crippen molar-refractivity contribution in [3.8, 4) is 11.5 Å². The molecule has 4 aliphatic rings. The van der Waals surface area contributed by atoms with Gasteiger partial charge in [0, 0.05) is 6.54 Å². The van der Waals surface area contributed by atoms with Crippen LogP contribution < -0.4 is 9.47 Å². The maximum atomic E-state index is 13.6. The van der Waals surface area contributed by atoms with E-state index in [4.69, 9.17) is 28.4 Å². The zero-order chi connectivity index (χ0) is 26.3. The summed E-state index contributed by atoms with van der Waals surface area (Å²) in [5, 5.41) is 0. The Bertz CT molecular complexity index is 1080. The first-order valence-electron chi connectivity index (χ1n) is 13.2. The van der Waals surface area contributed by atoms with Gasteiger partial charge in [0.05, 0.1) is 37.2 Å². The highest BCUT2D eigenvalue weighted by molar-refractivity contribution is 5.82. The topological polar surface area (TPSA) is 92.8 Å². The van der Waals surface area contributed by atoms with Crippen LogP contribution in [0.1, 0.15) is 64.0 Å². The van der Waals surface area contributed by atoms with Crippen LogP contribution in [0, 0.1) is 0 Å². The Kier molecular flexibility index (Phi) is 7.11. The number of hydrogen-bond acceptors (Lipinski definition) is 9. The molecule has 37 heavy (non-hydrogen) atoms. The van der Waals surface area contributed by atoms with E-state index < -0.39 is 24.1 Å².